The number of carbonyl (C=O) groups is 1. The first kappa shape index (κ1) is 13.8. The summed E-state index contributed by atoms with van der Waals surface area (Å²) >= 11 is 6.04. The topological polar surface area (TPSA) is 55.6 Å². The summed E-state index contributed by atoms with van der Waals surface area (Å²) in [5.41, 5.74) is 8.08. The van der Waals surface area contributed by atoms with Crippen molar-refractivity contribution in [3.8, 4) is 5.75 Å². The summed E-state index contributed by atoms with van der Waals surface area (Å²) in [6, 6.07) is 12.7. The van der Waals surface area contributed by atoms with E-state index in [0.717, 1.165) is 11.3 Å². The van der Waals surface area contributed by atoms with Gasteiger partial charge >= 0.3 is 0 Å². The number of rotatable bonds is 2. The van der Waals surface area contributed by atoms with Gasteiger partial charge in [0.25, 0.3) is 5.91 Å². The van der Waals surface area contributed by atoms with E-state index < -0.39 is 0 Å². The van der Waals surface area contributed by atoms with Crippen molar-refractivity contribution in [3.05, 3.63) is 53.1 Å². The molecule has 108 valence electrons. The van der Waals surface area contributed by atoms with Gasteiger partial charge in [0, 0.05) is 16.8 Å². The maximum Gasteiger partial charge on any atom is 0.265 e. The minimum Gasteiger partial charge on any atom is -0.481 e. The summed E-state index contributed by atoms with van der Waals surface area (Å²) in [7, 11) is 0. The van der Waals surface area contributed by atoms with Crippen LogP contribution in [-0.4, -0.2) is 12.5 Å². The Labute approximate surface area is 128 Å². The third-order valence-corrected chi connectivity index (χ3v) is 3.82. The predicted molar refractivity (Wildman–Crippen MR) is 83.7 cm³/mol. The highest BCUT2D eigenvalue weighted by atomic mass is 35.5. The van der Waals surface area contributed by atoms with Gasteiger partial charge < -0.3 is 10.5 Å². The lowest BCUT2D eigenvalue weighted by Crippen LogP contribution is -2.40. The molecule has 4 nitrogen and oxygen atoms in total. The lowest BCUT2D eigenvalue weighted by Gasteiger charge is -2.34. The minimum absolute atomic E-state index is 0.0152. The zero-order valence-electron chi connectivity index (χ0n) is 11.5. The van der Waals surface area contributed by atoms with Crippen LogP contribution in [0.5, 0.6) is 5.75 Å². The standard InChI is InChI=1S/C16H15ClN2O2/c1-10(11-3-2-4-12(17)7-11)19-14-6-5-13(18)8-15(14)21-9-16(19)20/h2-8,10H,9,18H2,1H3. The number of fused-ring (bicyclic) bond motifs is 1. The van der Waals surface area contributed by atoms with Gasteiger partial charge in [0.05, 0.1) is 11.7 Å². The molecule has 1 aliphatic rings. The van der Waals surface area contributed by atoms with E-state index in [1.54, 1.807) is 17.0 Å². The van der Waals surface area contributed by atoms with Gasteiger partial charge in [0.1, 0.15) is 5.75 Å². The highest BCUT2D eigenvalue weighted by molar-refractivity contribution is 6.30. The molecule has 0 saturated carbocycles. The summed E-state index contributed by atoms with van der Waals surface area (Å²) in [5, 5.41) is 0.651. The van der Waals surface area contributed by atoms with E-state index in [2.05, 4.69) is 0 Å². The average Bonchev–Trinajstić information content (AvgIpc) is 2.47. The fourth-order valence-electron chi connectivity index (χ4n) is 2.53. The Bertz CT molecular complexity index is 702. The largest absolute Gasteiger partial charge is 0.481 e. The highest BCUT2D eigenvalue weighted by Crippen LogP contribution is 2.38. The van der Waals surface area contributed by atoms with Crippen molar-refractivity contribution >= 4 is 28.9 Å². The number of amides is 1. The fraction of sp³-hybridized carbons (Fsp3) is 0.188. The number of ether oxygens (including phenoxy) is 1. The molecule has 0 spiro atoms. The van der Waals surface area contributed by atoms with Crippen LogP contribution in [0.3, 0.4) is 0 Å². The SMILES string of the molecule is CC(c1cccc(Cl)c1)N1C(=O)COc2cc(N)ccc21. The second-order valence-corrected chi connectivity index (χ2v) is 5.45. The second kappa shape index (κ2) is 5.30. The molecule has 0 aromatic heterocycles. The molecule has 3 rings (SSSR count). The van der Waals surface area contributed by atoms with E-state index in [9.17, 15) is 4.79 Å². The third-order valence-electron chi connectivity index (χ3n) is 3.58. The van der Waals surface area contributed by atoms with Crippen LogP contribution in [0.4, 0.5) is 11.4 Å². The zero-order chi connectivity index (χ0) is 15.0. The van der Waals surface area contributed by atoms with E-state index in [4.69, 9.17) is 22.1 Å². The van der Waals surface area contributed by atoms with Crippen molar-refractivity contribution in [3.63, 3.8) is 0 Å². The van der Waals surface area contributed by atoms with Crippen LogP contribution < -0.4 is 15.4 Å². The number of hydrogen-bond acceptors (Lipinski definition) is 3. The number of halogens is 1. The van der Waals surface area contributed by atoms with Crippen LogP contribution >= 0.6 is 11.6 Å². The Morgan fingerprint density at radius 2 is 2.10 bits per heavy atom. The first-order valence-electron chi connectivity index (χ1n) is 6.66. The van der Waals surface area contributed by atoms with Crippen LogP contribution in [0.1, 0.15) is 18.5 Å². The maximum atomic E-state index is 12.3. The molecule has 1 aliphatic heterocycles. The zero-order valence-corrected chi connectivity index (χ0v) is 12.3. The van der Waals surface area contributed by atoms with Gasteiger partial charge in [0.15, 0.2) is 6.61 Å². The molecule has 0 aliphatic carbocycles. The number of nitrogens with zero attached hydrogens (tertiary/aromatic N) is 1. The van der Waals surface area contributed by atoms with Gasteiger partial charge in [-0.25, -0.2) is 0 Å². The quantitative estimate of drug-likeness (QED) is 0.865. The van der Waals surface area contributed by atoms with Gasteiger partial charge in [-0.2, -0.15) is 0 Å². The maximum absolute atomic E-state index is 12.3. The van der Waals surface area contributed by atoms with E-state index in [0.29, 0.717) is 16.5 Å². The highest BCUT2D eigenvalue weighted by Gasteiger charge is 2.30. The Morgan fingerprint density at radius 1 is 1.29 bits per heavy atom. The summed E-state index contributed by atoms with van der Waals surface area (Å²) in [4.78, 5) is 14.0. The number of hydrogen-bond donors (Lipinski definition) is 1. The Balaban J connectivity index is 2.03. The van der Waals surface area contributed by atoms with Crippen molar-refractivity contribution in [2.75, 3.05) is 17.2 Å². The molecule has 1 atom stereocenters. The van der Waals surface area contributed by atoms with E-state index >= 15 is 0 Å². The number of benzene rings is 2. The van der Waals surface area contributed by atoms with Gasteiger partial charge in [0.2, 0.25) is 0 Å². The summed E-state index contributed by atoms with van der Waals surface area (Å²) in [6.07, 6.45) is 0. The van der Waals surface area contributed by atoms with Gasteiger partial charge in [-0.15, -0.1) is 0 Å². The molecule has 0 saturated heterocycles. The van der Waals surface area contributed by atoms with Gasteiger partial charge in [-0.05, 0) is 36.8 Å². The molecule has 0 bridgehead atoms. The molecular weight excluding hydrogens is 288 g/mol. The lowest BCUT2D eigenvalue weighted by atomic mass is 10.0. The van der Waals surface area contributed by atoms with Crippen molar-refractivity contribution in [1.29, 1.82) is 0 Å². The van der Waals surface area contributed by atoms with E-state index in [1.165, 1.54) is 0 Å². The normalized spacial score (nSPS) is 15.3. The Kier molecular flexibility index (Phi) is 3.47. The molecule has 2 N–H and O–H groups in total. The van der Waals surface area contributed by atoms with E-state index in [1.807, 2.05) is 37.3 Å². The molecule has 2 aromatic rings. The molecule has 0 fully saturated rings. The molecule has 1 heterocycles. The summed E-state index contributed by atoms with van der Waals surface area (Å²) in [5.74, 6) is 0.545. The first-order valence-corrected chi connectivity index (χ1v) is 7.04. The summed E-state index contributed by atoms with van der Waals surface area (Å²) < 4.78 is 5.46. The molecule has 5 heteroatoms. The first-order chi connectivity index (χ1) is 10.1. The number of nitrogens with two attached hydrogens (primary N) is 1. The van der Waals surface area contributed by atoms with E-state index in [-0.39, 0.29) is 18.6 Å². The monoisotopic (exact) mass is 302 g/mol. The van der Waals surface area contributed by atoms with Crippen LogP contribution in [0.15, 0.2) is 42.5 Å². The van der Waals surface area contributed by atoms with Crippen molar-refractivity contribution < 1.29 is 9.53 Å². The van der Waals surface area contributed by atoms with Crippen LogP contribution in [0.25, 0.3) is 0 Å². The Hall–Kier alpha value is -2.20. The summed E-state index contributed by atoms with van der Waals surface area (Å²) in [6.45, 7) is 1.98. The van der Waals surface area contributed by atoms with Crippen molar-refractivity contribution in [2.24, 2.45) is 0 Å². The molecule has 1 amide bonds. The predicted octanol–water partition coefficient (Wildman–Crippen LogP) is 3.41. The molecule has 2 aromatic carbocycles. The van der Waals surface area contributed by atoms with Crippen molar-refractivity contribution in [1.82, 2.24) is 0 Å². The van der Waals surface area contributed by atoms with Crippen molar-refractivity contribution in [2.45, 2.75) is 13.0 Å². The third kappa shape index (κ3) is 2.54. The molecule has 21 heavy (non-hydrogen) atoms. The second-order valence-electron chi connectivity index (χ2n) is 5.01. The fourth-order valence-corrected chi connectivity index (χ4v) is 2.73. The lowest BCUT2D eigenvalue weighted by molar-refractivity contribution is -0.121. The van der Waals surface area contributed by atoms with Crippen LogP contribution in [-0.2, 0) is 4.79 Å². The Morgan fingerprint density at radius 3 is 2.86 bits per heavy atom. The average molecular weight is 303 g/mol. The minimum atomic E-state index is -0.137. The molecule has 0 radical (unpaired) electrons. The molecule has 1 unspecified atom stereocenters. The van der Waals surface area contributed by atoms with Gasteiger partial charge in [-0.1, -0.05) is 23.7 Å². The number of carbonyl (C=O) groups excluding carboxylic acids is 1. The van der Waals surface area contributed by atoms with Gasteiger partial charge in [-0.3, -0.25) is 9.69 Å². The number of anilines is 2. The number of nitrogen functional groups attached to an aromatic ring is 1. The smallest absolute Gasteiger partial charge is 0.265 e. The molecular formula is C16H15ClN2O2. The van der Waals surface area contributed by atoms with Crippen LogP contribution in [0.2, 0.25) is 5.02 Å². The van der Waals surface area contributed by atoms with Crippen LogP contribution in [0, 0.1) is 0 Å².